The molecule has 2 atom stereocenters. The highest BCUT2D eigenvalue weighted by Gasteiger charge is 2.35. The third-order valence-electron chi connectivity index (χ3n) is 4.63. The molecule has 2 aliphatic rings. The summed E-state index contributed by atoms with van der Waals surface area (Å²) < 4.78 is 46.5. The van der Waals surface area contributed by atoms with Crippen molar-refractivity contribution in [2.45, 2.75) is 32.5 Å². The quantitative estimate of drug-likeness (QED) is 0.824. The first kappa shape index (κ1) is 17.1. The van der Waals surface area contributed by atoms with E-state index >= 15 is 0 Å². The van der Waals surface area contributed by atoms with Crippen LogP contribution in [0.25, 0.3) is 0 Å². The van der Waals surface area contributed by atoms with Gasteiger partial charge >= 0.3 is 6.36 Å². The number of hydrogen-bond acceptors (Lipinski definition) is 3. The number of hydrogen-bond donors (Lipinski definition) is 0. The van der Waals surface area contributed by atoms with E-state index in [1.54, 1.807) is 11.0 Å². The van der Waals surface area contributed by atoms with Gasteiger partial charge in [0.25, 0.3) is 0 Å². The highest BCUT2D eigenvalue weighted by Crippen LogP contribution is 2.35. The van der Waals surface area contributed by atoms with Crippen LogP contribution in [0, 0.1) is 11.8 Å². The minimum atomic E-state index is -4.71. The van der Waals surface area contributed by atoms with Crippen molar-refractivity contribution in [2.75, 3.05) is 24.7 Å². The summed E-state index contributed by atoms with van der Waals surface area (Å²) in [5.41, 5.74) is 1.41. The average molecular weight is 343 g/mol. The van der Waals surface area contributed by atoms with Crippen LogP contribution in [0.1, 0.15) is 25.3 Å². The third kappa shape index (κ3) is 3.66. The highest BCUT2D eigenvalue weighted by molar-refractivity contribution is 5.96. The van der Waals surface area contributed by atoms with E-state index < -0.39 is 6.36 Å². The number of halogens is 3. The maximum absolute atomic E-state index is 12.9. The van der Waals surface area contributed by atoms with Gasteiger partial charge < -0.3 is 14.4 Å². The van der Waals surface area contributed by atoms with Crippen LogP contribution in [0.5, 0.6) is 5.75 Å². The molecule has 1 fully saturated rings. The molecule has 0 bridgehead atoms. The Morgan fingerprint density at radius 1 is 1.38 bits per heavy atom. The minimum Gasteiger partial charge on any atom is -0.406 e. The van der Waals surface area contributed by atoms with Crippen molar-refractivity contribution >= 4 is 11.6 Å². The molecule has 0 spiro atoms. The van der Waals surface area contributed by atoms with E-state index in [0.717, 1.165) is 12.0 Å². The molecular formula is C17H20F3NO3. The Morgan fingerprint density at radius 2 is 2.17 bits per heavy atom. The molecule has 4 nitrogen and oxygen atoms in total. The predicted octanol–water partition coefficient (Wildman–Crippen LogP) is 3.54. The Morgan fingerprint density at radius 3 is 2.88 bits per heavy atom. The molecule has 3 rings (SSSR count). The molecule has 0 aromatic heterocycles. The standard InChI is InChI=1S/C17H20F3NO3/c1-11-10-23-8-6-14(11)16(22)21-7-2-3-12-9-13(4-5-15(12)21)24-17(18,19)20/h4-5,9,11,14H,2-3,6-8,10H2,1H3/t11-,14-/m0/s1. The highest BCUT2D eigenvalue weighted by atomic mass is 19.4. The number of alkyl halides is 3. The average Bonchev–Trinajstić information content (AvgIpc) is 2.52. The largest absolute Gasteiger partial charge is 0.573 e. The van der Waals surface area contributed by atoms with Gasteiger partial charge in [-0.15, -0.1) is 13.2 Å². The smallest absolute Gasteiger partial charge is 0.406 e. The summed E-state index contributed by atoms with van der Waals surface area (Å²) in [5, 5.41) is 0. The second-order valence-electron chi connectivity index (χ2n) is 6.38. The van der Waals surface area contributed by atoms with Crippen molar-refractivity contribution in [2.24, 2.45) is 11.8 Å². The summed E-state index contributed by atoms with van der Waals surface area (Å²) in [6.07, 6.45) is -2.67. The minimum absolute atomic E-state index is 0.0382. The van der Waals surface area contributed by atoms with E-state index in [0.29, 0.717) is 38.3 Å². The second kappa shape index (κ2) is 6.63. The van der Waals surface area contributed by atoms with Gasteiger partial charge in [-0.25, -0.2) is 0 Å². The maximum Gasteiger partial charge on any atom is 0.573 e. The first-order chi connectivity index (χ1) is 11.3. The lowest BCUT2D eigenvalue weighted by Gasteiger charge is -2.36. The van der Waals surface area contributed by atoms with Crippen molar-refractivity contribution < 1.29 is 27.4 Å². The van der Waals surface area contributed by atoms with Gasteiger partial charge in [0.15, 0.2) is 0 Å². The summed E-state index contributed by atoms with van der Waals surface area (Å²) in [4.78, 5) is 14.6. The second-order valence-corrected chi connectivity index (χ2v) is 6.38. The molecule has 24 heavy (non-hydrogen) atoms. The Hall–Kier alpha value is -1.76. The van der Waals surface area contributed by atoms with E-state index in [9.17, 15) is 18.0 Å². The summed E-state index contributed by atoms with van der Waals surface area (Å²) >= 11 is 0. The van der Waals surface area contributed by atoms with Crippen LogP contribution in [-0.2, 0) is 16.0 Å². The molecular weight excluding hydrogens is 323 g/mol. The topological polar surface area (TPSA) is 38.8 Å². The SMILES string of the molecule is C[C@H]1COCC[C@@H]1C(=O)N1CCCc2cc(OC(F)(F)F)ccc21. The molecule has 0 unspecified atom stereocenters. The zero-order chi connectivity index (χ0) is 17.3. The Kier molecular flexibility index (Phi) is 4.71. The molecule has 0 radical (unpaired) electrons. The molecule has 2 heterocycles. The summed E-state index contributed by atoms with van der Waals surface area (Å²) in [7, 11) is 0. The van der Waals surface area contributed by atoms with Gasteiger partial charge in [-0.2, -0.15) is 0 Å². The van der Waals surface area contributed by atoms with Gasteiger partial charge in [0, 0.05) is 31.4 Å². The monoisotopic (exact) mass is 343 g/mol. The van der Waals surface area contributed by atoms with Crippen LogP contribution in [0.2, 0.25) is 0 Å². The van der Waals surface area contributed by atoms with E-state index in [1.807, 2.05) is 6.92 Å². The molecule has 1 aromatic rings. The lowest BCUT2D eigenvalue weighted by atomic mass is 9.87. The number of rotatable bonds is 2. The van der Waals surface area contributed by atoms with E-state index in [1.165, 1.54) is 12.1 Å². The summed E-state index contributed by atoms with van der Waals surface area (Å²) in [5.74, 6) is -0.161. The lowest BCUT2D eigenvalue weighted by molar-refractivity contribution is -0.274. The van der Waals surface area contributed by atoms with Crippen LogP contribution in [0.3, 0.4) is 0 Å². The van der Waals surface area contributed by atoms with Gasteiger partial charge in [0.2, 0.25) is 5.91 Å². The molecule has 0 saturated carbocycles. The van der Waals surface area contributed by atoms with Gasteiger partial charge in [-0.3, -0.25) is 4.79 Å². The van der Waals surface area contributed by atoms with Crippen molar-refractivity contribution in [3.63, 3.8) is 0 Å². The Bertz CT molecular complexity index is 618. The summed E-state index contributed by atoms with van der Waals surface area (Å²) in [6.45, 7) is 3.72. The van der Waals surface area contributed by atoms with E-state index in [4.69, 9.17) is 4.74 Å². The molecule has 1 saturated heterocycles. The molecule has 1 amide bonds. The van der Waals surface area contributed by atoms with Crippen molar-refractivity contribution in [1.29, 1.82) is 0 Å². The molecule has 132 valence electrons. The number of benzene rings is 1. The first-order valence-electron chi connectivity index (χ1n) is 8.13. The maximum atomic E-state index is 12.9. The Labute approximate surface area is 138 Å². The predicted molar refractivity (Wildman–Crippen MR) is 81.9 cm³/mol. The fraction of sp³-hybridized carbons (Fsp3) is 0.588. The molecule has 0 aliphatic carbocycles. The van der Waals surface area contributed by atoms with Gasteiger partial charge in [0.1, 0.15) is 5.75 Å². The van der Waals surface area contributed by atoms with Crippen LogP contribution in [-0.4, -0.2) is 32.0 Å². The number of ether oxygens (including phenoxy) is 2. The molecule has 2 aliphatic heterocycles. The molecule has 1 aromatic carbocycles. The van der Waals surface area contributed by atoms with Crippen LogP contribution in [0.4, 0.5) is 18.9 Å². The number of nitrogens with zero attached hydrogens (tertiary/aromatic N) is 1. The summed E-state index contributed by atoms with van der Waals surface area (Å²) in [6, 6.07) is 4.21. The number of anilines is 1. The Balaban J connectivity index is 1.82. The fourth-order valence-electron chi connectivity index (χ4n) is 3.45. The number of carbonyl (C=O) groups excluding carboxylic acids is 1. The zero-order valence-electron chi connectivity index (χ0n) is 13.4. The molecule has 0 N–H and O–H groups in total. The fourth-order valence-corrected chi connectivity index (χ4v) is 3.45. The van der Waals surface area contributed by atoms with Crippen LogP contribution >= 0.6 is 0 Å². The van der Waals surface area contributed by atoms with E-state index in [2.05, 4.69) is 4.74 Å². The number of aryl methyl sites for hydroxylation is 1. The normalized spacial score (nSPS) is 24.4. The van der Waals surface area contributed by atoms with Gasteiger partial charge in [-0.1, -0.05) is 6.92 Å². The first-order valence-corrected chi connectivity index (χ1v) is 8.13. The van der Waals surface area contributed by atoms with Gasteiger partial charge in [-0.05, 0) is 48.9 Å². The third-order valence-corrected chi connectivity index (χ3v) is 4.63. The van der Waals surface area contributed by atoms with Crippen LogP contribution in [0.15, 0.2) is 18.2 Å². The zero-order valence-corrected chi connectivity index (χ0v) is 13.4. The van der Waals surface area contributed by atoms with Crippen molar-refractivity contribution in [3.05, 3.63) is 23.8 Å². The number of fused-ring (bicyclic) bond motifs is 1. The number of amides is 1. The van der Waals surface area contributed by atoms with Crippen molar-refractivity contribution in [3.8, 4) is 5.75 Å². The van der Waals surface area contributed by atoms with Crippen LogP contribution < -0.4 is 9.64 Å². The van der Waals surface area contributed by atoms with Gasteiger partial charge in [0.05, 0.1) is 0 Å². The molecule has 7 heteroatoms. The van der Waals surface area contributed by atoms with Crippen molar-refractivity contribution in [1.82, 2.24) is 0 Å². The number of carbonyl (C=O) groups is 1. The van der Waals surface area contributed by atoms with E-state index in [-0.39, 0.29) is 23.5 Å². The lowest BCUT2D eigenvalue weighted by Crippen LogP contribution is -2.44.